The van der Waals surface area contributed by atoms with Crippen LogP contribution in [0.3, 0.4) is 0 Å². The second-order valence-corrected chi connectivity index (χ2v) is 6.90. The third-order valence-corrected chi connectivity index (χ3v) is 5.82. The minimum absolute atomic E-state index is 0.138. The van der Waals surface area contributed by atoms with Crippen molar-refractivity contribution in [1.29, 1.82) is 0 Å². The molecule has 2 aliphatic carbocycles. The van der Waals surface area contributed by atoms with Crippen LogP contribution in [0.4, 0.5) is 0 Å². The summed E-state index contributed by atoms with van der Waals surface area (Å²) in [6, 6.07) is 0. The number of hydrogen-bond acceptors (Lipinski definition) is 2. The van der Waals surface area contributed by atoms with E-state index in [2.05, 4.69) is 6.92 Å². The number of rotatable bonds is 3. The van der Waals surface area contributed by atoms with Crippen LogP contribution in [0.1, 0.15) is 71.1 Å². The SMILES string of the molecule is CCC(O)(C1CC1)C1CCOC2(CCCCC2)C1. The second-order valence-electron chi connectivity index (χ2n) is 6.90. The average Bonchev–Trinajstić information content (AvgIpc) is 3.23. The number of hydrogen-bond donors (Lipinski definition) is 1. The summed E-state index contributed by atoms with van der Waals surface area (Å²) >= 11 is 0. The van der Waals surface area contributed by atoms with Crippen LogP contribution in [0, 0.1) is 11.8 Å². The molecule has 2 unspecified atom stereocenters. The highest BCUT2D eigenvalue weighted by Crippen LogP contribution is 2.52. The lowest BCUT2D eigenvalue weighted by molar-refractivity contribution is -0.162. The molecular weight excluding hydrogens is 224 g/mol. The van der Waals surface area contributed by atoms with E-state index in [0.29, 0.717) is 11.8 Å². The minimum Gasteiger partial charge on any atom is -0.389 e. The van der Waals surface area contributed by atoms with Crippen LogP contribution in [-0.4, -0.2) is 22.9 Å². The lowest BCUT2D eigenvalue weighted by atomic mass is 9.68. The summed E-state index contributed by atoms with van der Waals surface area (Å²) in [5.41, 5.74) is -0.243. The highest BCUT2D eigenvalue weighted by molar-refractivity contribution is 5.02. The first-order chi connectivity index (χ1) is 8.69. The van der Waals surface area contributed by atoms with Gasteiger partial charge in [0.25, 0.3) is 0 Å². The average molecular weight is 252 g/mol. The molecule has 3 fully saturated rings. The topological polar surface area (TPSA) is 29.5 Å². The second kappa shape index (κ2) is 4.79. The van der Waals surface area contributed by atoms with Crippen LogP contribution in [-0.2, 0) is 4.74 Å². The van der Waals surface area contributed by atoms with Crippen LogP contribution >= 0.6 is 0 Å². The van der Waals surface area contributed by atoms with E-state index in [-0.39, 0.29) is 11.2 Å². The highest BCUT2D eigenvalue weighted by atomic mass is 16.5. The lowest BCUT2D eigenvalue weighted by Gasteiger charge is -2.48. The zero-order valence-electron chi connectivity index (χ0n) is 11.8. The van der Waals surface area contributed by atoms with Crippen molar-refractivity contribution in [3.63, 3.8) is 0 Å². The molecule has 0 amide bonds. The molecule has 3 aliphatic rings. The van der Waals surface area contributed by atoms with Crippen LogP contribution in [0.2, 0.25) is 0 Å². The molecule has 0 radical (unpaired) electrons. The van der Waals surface area contributed by atoms with Gasteiger partial charge in [-0.2, -0.15) is 0 Å². The van der Waals surface area contributed by atoms with E-state index in [9.17, 15) is 5.11 Å². The zero-order chi connectivity index (χ0) is 12.6. The Morgan fingerprint density at radius 2 is 1.83 bits per heavy atom. The molecule has 1 saturated heterocycles. The zero-order valence-corrected chi connectivity index (χ0v) is 11.8. The first kappa shape index (κ1) is 12.9. The Morgan fingerprint density at radius 3 is 2.44 bits per heavy atom. The van der Waals surface area contributed by atoms with Gasteiger partial charge in [0.15, 0.2) is 0 Å². The molecule has 1 aliphatic heterocycles. The van der Waals surface area contributed by atoms with E-state index in [0.717, 1.165) is 25.9 Å². The van der Waals surface area contributed by atoms with Crippen molar-refractivity contribution in [2.24, 2.45) is 11.8 Å². The van der Waals surface area contributed by atoms with Gasteiger partial charge in [-0.15, -0.1) is 0 Å². The summed E-state index contributed by atoms with van der Waals surface area (Å²) in [7, 11) is 0. The Labute approximate surface area is 111 Å². The van der Waals surface area contributed by atoms with Gasteiger partial charge in [0, 0.05) is 6.61 Å². The summed E-state index contributed by atoms with van der Waals surface area (Å²) in [6.07, 6.45) is 12.1. The van der Waals surface area contributed by atoms with Gasteiger partial charge in [-0.3, -0.25) is 0 Å². The molecule has 2 nitrogen and oxygen atoms in total. The number of ether oxygens (including phenoxy) is 1. The number of aliphatic hydroxyl groups is 1. The van der Waals surface area contributed by atoms with Crippen LogP contribution < -0.4 is 0 Å². The first-order valence-electron chi connectivity index (χ1n) is 8.05. The van der Waals surface area contributed by atoms with Gasteiger partial charge in [-0.05, 0) is 56.8 Å². The Balaban J connectivity index is 1.72. The molecule has 1 heterocycles. The third-order valence-electron chi connectivity index (χ3n) is 5.82. The van der Waals surface area contributed by atoms with Gasteiger partial charge in [-0.25, -0.2) is 0 Å². The fourth-order valence-corrected chi connectivity index (χ4v) is 4.49. The molecule has 1 spiro atoms. The van der Waals surface area contributed by atoms with Crippen molar-refractivity contribution >= 4 is 0 Å². The molecular formula is C16H28O2. The minimum atomic E-state index is -0.381. The summed E-state index contributed by atoms with van der Waals surface area (Å²) in [5.74, 6) is 1.08. The predicted molar refractivity (Wildman–Crippen MR) is 72.5 cm³/mol. The molecule has 3 rings (SSSR count). The third kappa shape index (κ3) is 2.22. The Kier molecular flexibility index (Phi) is 3.44. The van der Waals surface area contributed by atoms with E-state index >= 15 is 0 Å². The van der Waals surface area contributed by atoms with Gasteiger partial charge < -0.3 is 9.84 Å². The van der Waals surface area contributed by atoms with E-state index in [1.54, 1.807) is 0 Å². The quantitative estimate of drug-likeness (QED) is 0.830. The van der Waals surface area contributed by atoms with E-state index in [4.69, 9.17) is 4.74 Å². The Bertz CT molecular complexity index is 286. The van der Waals surface area contributed by atoms with Gasteiger partial charge in [0.1, 0.15) is 0 Å². The van der Waals surface area contributed by atoms with Gasteiger partial charge in [-0.1, -0.05) is 26.2 Å². The van der Waals surface area contributed by atoms with Crippen molar-refractivity contribution in [3.8, 4) is 0 Å². The van der Waals surface area contributed by atoms with Gasteiger partial charge >= 0.3 is 0 Å². The van der Waals surface area contributed by atoms with Crippen LogP contribution in [0.5, 0.6) is 0 Å². The standard InChI is InChI=1S/C16H28O2/c1-2-16(17,13-6-7-13)14-8-11-18-15(12-14)9-4-3-5-10-15/h13-14,17H,2-12H2,1H3. The Morgan fingerprint density at radius 1 is 1.11 bits per heavy atom. The summed E-state index contributed by atoms with van der Waals surface area (Å²) in [6.45, 7) is 3.04. The van der Waals surface area contributed by atoms with Crippen molar-refractivity contribution in [1.82, 2.24) is 0 Å². The first-order valence-corrected chi connectivity index (χ1v) is 8.05. The van der Waals surface area contributed by atoms with Crippen molar-refractivity contribution < 1.29 is 9.84 Å². The molecule has 18 heavy (non-hydrogen) atoms. The fourth-order valence-electron chi connectivity index (χ4n) is 4.49. The lowest BCUT2D eigenvalue weighted by Crippen LogP contribution is -2.50. The van der Waals surface area contributed by atoms with E-state index in [1.165, 1.54) is 44.9 Å². The highest BCUT2D eigenvalue weighted by Gasteiger charge is 2.51. The molecule has 0 bridgehead atoms. The van der Waals surface area contributed by atoms with Crippen molar-refractivity contribution in [3.05, 3.63) is 0 Å². The maximum absolute atomic E-state index is 11.0. The predicted octanol–water partition coefficient (Wildman–Crippen LogP) is 3.67. The molecule has 2 saturated carbocycles. The largest absolute Gasteiger partial charge is 0.389 e. The molecule has 104 valence electrons. The molecule has 2 heteroatoms. The molecule has 2 atom stereocenters. The smallest absolute Gasteiger partial charge is 0.0703 e. The molecule has 0 aromatic rings. The van der Waals surface area contributed by atoms with Crippen LogP contribution in [0.25, 0.3) is 0 Å². The van der Waals surface area contributed by atoms with E-state index in [1.807, 2.05) is 0 Å². The Hall–Kier alpha value is -0.0800. The van der Waals surface area contributed by atoms with Gasteiger partial charge in [0.05, 0.1) is 11.2 Å². The van der Waals surface area contributed by atoms with Gasteiger partial charge in [0.2, 0.25) is 0 Å². The van der Waals surface area contributed by atoms with Crippen molar-refractivity contribution in [2.45, 2.75) is 82.3 Å². The maximum atomic E-state index is 11.0. The summed E-state index contributed by atoms with van der Waals surface area (Å²) < 4.78 is 6.17. The van der Waals surface area contributed by atoms with Crippen LogP contribution in [0.15, 0.2) is 0 Å². The molecule has 1 N–H and O–H groups in total. The van der Waals surface area contributed by atoms with E-state index < -0.39 is 0 Å². The fraction of sp³-hybridized carbons (Fsp3) is 1.00. The summed E-state index contributed by atoms with van der Waals surface area (Å²) in [4.78, 5) is 0. The monoisotopic (exact) mass is 252 g/mol. The maximum Gasteiger partial charge on any atom is 0.0703 e. The molecule has 0 aromatic carbocycles. The molecule has 0 aromatic heterocycles. The summed E-state index contributed by atoms with van der Waals surface area (Å²) in [5, 5.41) is 11.0. The normalized spacial score (nSPS) is 35.3. The van der Waals surface area contributed by atoms with Crippen molar-refractivity contribution in [2.75, 3.05) is 6.61 Å².